The Balaban J connectivity index is 1.48. The number of carbonyl (C=O) groups is 2. The molecule has 1 amide bonds. The highest BCUT2D eigenvalue weighted by Gasteiger charge is 2.27. The highest BCUT2D eigenvalue weighted by atomic mass is 35.5. The summed E-state index contributed by atoms with van der Waals surface area (Å²) in [5, 5.41) is 13.9. The number of carbonyl (C=O) groups excluding carboxylic acids is 2. The van der Waals surface area contributed by atoms with E-state index in [1.54, 1.807) is 36.5 Å². The van der Waals surface area contributed by atoms with Gasteiger partial charge in [-0.25, -0.2) is 4.79 Å². The number of halogens is 1. The van der Waals surface area contributed by atoms with Crippen molar-refractivity contribution < 1.29 is 14.3 Å². The summed E-state index contributed by atoms with van der Waals surface area (Å²) in [5.41, 5.74) is 3.01. The van der Waals surface area contributed by atoms with Gasteiger partial charge in [0.2, 0.25) is 5.91 Å². The zero-order valence-electron chi connectivity index (χ0n) is 17.5. The Hall–Kier alpha value is -3.63. The lowest BCUT2D eigenvalue weighted by Gasteiger charge is -2.34. The van der Waals surface area contributed by atoms with Gasteiger partial charge in [-0.3, -0.25) is 9.78 Å². The number of aromatic nitrogens is 1. The van der Waals surface area contributed by atoms with Crippen molar-refractivity contribution in [2.24, 2.45) is 5.92 Å². The summed E-state index contributed by atoms with van der Waals surface area (Å²) < 4.78 is 4.73. The fraction of sp³-hybridized carbons (Fsp3) is 0.250. The molecule has 162 valence electrons. The Morgan fingerprint density at radius 2 is 2.00 bits per heavy atom. The first-order chi connectivity index (χ1) is 15.5. The summed E-state index contributed by atoms with van der Waals surface area (Å²) in [5.74, 6) is -0.711. The van der Waals surface area contributed by atoms with Crippen molar-refractivity contribution in [1.29, 1.82) is 5.26 Å². The van der Waals surface area contributed by atoms with E-state index in [9.17, 15) is 14.9 Å². The highest BCUT2D eigenvalue weighted by molar-refractivity contribution is 6.31. The van der Waals surface area contributed by atoms with Gasteiger partial charge in [-0.05, 0) is 49.2 Å². The van der Waals surface area contributed by atoms with Crippen molar-refractivity contribution in [1.82, 2.24) is 4.98 Å². The van der Waals surface area contributed by atoms with E-state index in [1.165, 1.54) is 7.11 Å². The molecule has 2 heterocycles. The van der Waals surface area contributed by atoms with E-state index in [4.69, 9.17) is 16.3 Å². The van der Waals surface area contributed by atoms with Crippen LogP contribution in [0.25, 0.3) is 10.9 Å². The van der Waals surface area contributed by atoms with Crippen LogP contribution in [0.2, 0.25) is 5.02 Å². The van der Waals surface area contributed by atoms with Crippen LogP contribution >= 0.6 is 11.6 Å². The number of piperidine rings is 1. The number of nitrogens with one attached hydrogen (secondary N) is 1. The van der Waals surface area contributed by atoms with Gasteiger partial charge in [0.25, 0.3) is 0 Å². The quantitative estimate of drug-likeness (QED) is 0.594. The van der Waals surface area contributed by atoms with Crippen LogP contribution < -0.4 is 10.2 Å². The lowest BCUT2D eigenvalue weighted by molar-refractivity contribution is -0.120. The Bertz CT molecular complexity index is 1230. The molecular formula is C24H21ClN4O3. The first-order valence-electron chi connectivity index (χ1n) is 10.2. The maximum Gasteiger partial charge on any atom is 0.337 e. The van der Waals surface area contributed by atoms with Gasteiger partial charge in [-0.1, -0.05) is 17.7 Å². The molecule has 1 saturated heterocycles. The molecular weight excluding hydrogens is 428 g/mol. The van der Waals surface area contributed by atoms with E-state index in [-0.39, 0.29) is 11.8 Å². The number of esters is 1. The number of benzene rings is 2. The van der Waals surface area contributed by atoms with Crippen LogP contribution in [0.15, 0.2) is 48.7 Å². The summed E-state index contributed by atoms with van der Waals surface area (Å²) in [6.45, 7) is 1.25. The second-order valence-electron chi connectivity index (χ2n) is 7.62. The van der Waals surface area contributed by atoms with E-state index in [2.05, 4.69) is 21.3 Å². The molecule has 8 heteroatoms. The number of ether oxygens (including phenoxy) is 1. The molecule has 1 N–H and O–H groups in total. The largest absolute Gasteiger partial charge is 0.465 e. The van der Waals surface area contributed by atoms with Gasteiger partial charge in [-0.15, -0.1) is 0 Å². The average molecular weight is 449 g/mol. The van der Waals surface area contributed by atoms with Gasteiger partial charge in [0, 0.05) is 41.3 Å². The zero-order chi connectivity index (χ0) is 22.7. The van der Waals surface area contributed by atoms with Crippen LogP contribution in [0, 0.1) is 17.2 Å². The van der Waals surface area contributed by atoms with E-state index in [1.807, 2.05) is 12.1 Å². The molecule has 0 radical (unpaired) electrons. The minimum Gasteiger partial charge on any atom is -0.465 e. The molecule has 1 aromatic heterocycles. The molecule has 7 nitrogen and oxygen atoms in total. The van der Waals surface area contributed by atoms with Crippen molar-refractivity contribution in [3.63, 3.8) is 0 Å². The normalized spacial score (nSPS) is 14.1. The van der Waals surface area contributed by atoms with Gasteiger partial charge >= 0.3 is 5.97 Å². The monoisotopic (exact) mass is 448 g/mol. The first kappa shape index (κ1) is 21.6. The second-order valence-corrected chi connectivity index (χ2v) is 8.05. The molecule has 0 unspecified atom stereocenters. The number of nitrogens with zero attached hydrogens (tertiary/aromatic N) is 3. The fourth-order valence-electron chi connectivity index (χ4n) is 4.02. The van der Waals surface area contributed by atoms with Crippen molar-refractivity contribution >= 4 is 45.8 Å². The van der Waals surface area contributed by atoms with Crippen LogP contribution in [0.3, 0.4) is 0 Å². The molecule has 0 saturated carbocycles. The van der Waals surface area contributed by atoms with Crippen LogP contribution in [-0.4, -0.2) is 37.1 Å². The Morgan fingerprint density at radius 1 is 1.22 bits per heavy atom. The molecule has 2 aromatic carbocycles. The lowest BCUT2D eigenvalue weighted by Crippen LogP contribution is -2.38. The number of hydrogen-bond acceptors (Lipinski definition) is 6. The van der Waals surface area contributed by atoms with E-state index in [0.717, 1.165) is 16.6 Å². The number of hydrogen-bond donors (Lipinski definition) is 1. The fourth-order valence-corrected chi connectivity index (χ4v) is 4.20. The molecule has 0 bridgehead atoms. The molecule has 3 aromatic rings. The van der Waals surface area contributed by atoms with Crippen LogP contribution in [0.5, 0.6) is 0 Å². The van der Waals surface area contributed by atoms with Crippen molar-refractivity contribution in [3.05, 3.63) is 64.8 Å². The predicted octanol–water partition coefficient (Wildman–Crippen LogP) is 4.40. The minimum atomic E-state index is -0.451. The topological polar surface area (TPSA) is 95.3 Å². The number of rotatable bonds is 4. The van der Waals surface area contributed by atoms with Crippen molar-refractivity contribution in [2.45, 2.75) is 12.8 Å². The van der Waals surface area contributed by atoms with Gasteiger partial charge in [-0.2, -0.15) is 5.26 Å². The number of methoxy groups -OCH3 is 1. The zero-order valence-corrected chi connectivity index (χ0v) is 18.2. The Kier molecular flexibility index (Phi) is 6.24. The number of amides is 1. The summed E-state index contributed by atoms with van der Waals surface area (Å²) in [4.78, 5) is 31.0. The summed E-state index contributed by atoms with van der Waals surface area (Å²) in [6.07, 6.45) is 2.86. The third-order valence-electron chi connectivity index (χ3n) is 5.66. The van der Waals surface area contributed by atoms with Crippen molar-refractivity contribution in [3.8, 4) is 6.07 Å². The maximum atomic E-state index is 12.8. The molecule has 1 fully saturated rings. The smallest absolute Gasteiger partial charge is 0.337 e. The van der Waals surface area contributed by atoms with Crippen molar-refractivity contribution in [2.75, 3.05) is 30.4 Å². The first-order valence-corrected chi connectivity index (χ1v) is 10.6. The third-order valence-corrected chi connectivity index (χ3v) is 5.89. The highest BCUT2D eigenvalue weighted by Crippen LogP contribution is 2.34. The maximum absolute atomic E-state index is 12.8. The number of anilines is 2. The van der Waals surface area contributed by atoms with Gasteiger partial charge in [0.1, 0.15) is 6.07 Å². The van der Waals surface area contributed by atoms with E-state index in [0.29, 0.717) is 47.8 Å². The minimum absolute atomic E-state index is 0.0881. The molecule has 0 aliphatic carbocycles. The van der Waals surface area contributed by atoms with E-state index < -0.39 is 5.97 Å². The molecule has 1 aliphatic heterocycles. The van der Waals surface area contributed by atoms with E-state index >= 15 is 0 Å². The van der Waals surface area contributed by atoms with Gasteiger partial charge in [0.05, 0.1) is 29.4 Å². The third kappa shape index (κ3) is 4.36. The summed E-state index contributed by atoms with van der Waals surface area (Å²) in [7, 11) is 1.32. The SMILES string of the molecule is COC(=O)c1cccc(NC(=O)C2CCN(c3c(C#N)cnc4ccc(Cl)cc34)CC2)c1. The molecule has 32 heavy (non-hydrogen) atoms. The Morgan fingerprint density at radius 3 is 2.72 bits per heavy atom. The molecule has 0 spiro atoms. The van der Waals surface area contributed by atoms with Gasteiger partial charge in [0.15, 0.2) is 0 Å². The Labute approximate surface area is 190 Å². The average Bonchev–Trinajstić information content (AvgIpc) is 2.83. The predicted molar refractivity (Wildman–Crippen MR) is 123 cm³/mol. The standard InChI is InChI=1S/C24H21ClN4O3/c1-32-24(31)16-3-2-4-19(11-16)28-23(30)15-7-9-29(10-8-15)22-17(13-26)14-27-21-6-5-18(25)12-20(21)22/h2-6,11-12,14-15H,7-10H2,1H3,(H,28,30). The second kappa shape index (κ2) is 9.25. The van der Waals surface area contributed by atoms with Crippen LogP contribution in [0.1, 0.15) is 28.8 Å². The number of pyridine rings is 1. The van der Waals surface area contributed by atoms with Crippen LogP contribution in [-0.2, 0) is 9.53 Å². The molecule has 4 rings (SSSR count). The molecule has 1 aliphatic rings. The van der Waals surface area contributed by atoms with Gasteiger partial charge < -0.3 is 15.0 Å². The lowest BCUT2D eigenvalue weighted by atomic mass is 9.94. The number of fused-ring (bicyclic) bond motifs is 1. The van der Waals surface area contributed by atoms with Crippen LogP contribution in [0.4, 0.5) is 11.4 Å². The number of nitriles is 1. The summed E-state index contributed by atoms with van der Waals surface area (Å²) in [6, 6.07) is 14.3. The molecule has 0 atom stereocenters. The summed E-state index contributed by atoms with van der Waals surface area (Å²) >= 11 is 6.20.